The number of carbonyl (C=O) groups excluding carboxylic acids is 2. The minimum absolute atomic E-state index is 0.0433. The first-order valence-corrected chi connectivity index (χ1v) is 9.96. The van der Waals surface area contributed by atoms with Gasteiger partial charge in [0.1, 0.15) is 12.4 Å². The van der Waals surface area contributed by atoms with Crippen LogP contribution < -0.4 is 10.6 Å². The summed E-state index contributed by atoms with van der Waals surface area (Å²) < 4.78 is 1.88. The number of imidazole rings is 1. The number of carbonyl (C=O) groups is 2. The summed E-state index contributed by atoms with van der Waals surface area (Å²) in [5, 5.41) is 6.03. The third-order valence-corrected chi connectivity index (χ3v) is 4.93. The van der Waals surface area contributed by atoms with Crippen molar-refractivity contribution in [2.75, 3.05) is 0 Å². The Morgan fingerprint density at radius 1 is 0.897 bits per heavy atom. The first kappa shape index (κ1) is 20.6. The zero-order valence-electron chi connectivity index (χ0n) is 17.3. The van der Waals surface area contributed by atoms with Gasteiger partial charge in [-0.3, -0.25) is 9.59 Å². The molecule has 152 valence electrons. The van der Waals surface area contributed by atoms with Gasteiger partial charge in [0, 0.05) is 5.92 Å². The zero-order chi connectivity index (χ0) is 21.0. The minimum atomic E-state index is -0.309. The van der Waals surface area contributed by atoms with E-state index in [1.165, 1.54) is 0 Å². The molecule has 2 aromatic carbocycles. The maximum atomic E-state index is 12.8. The van der Waals surface area contributed by atoms with Crippen molar-refractivity contribution in [2.45, 2.75) is 46.3 Å². The van der Waals surface area contributed by atoms with Crippen LogP contribution in [0, 0.1) is 5.92 Å². The molecule has 0 bridgehead atoms. The first-order chi connectivity index (χ1) is 13.9. The maximum absolute atomic E-state index is 12.8. The van der Waals surface area contributed by atoms with Crippen LogP contribution in [0.1, 0.15) is 51.2 Å². The van der Waals surface area contributed by atoms with E-state index in [-0.39, 0.29) is 36.4 Å². The van der Waals surface area contributed by atoms with Gasteiger partial charge in [-0.2, -0.15) is 0 Å². The molecule has 2 N–H and O–H groups in total. The highest BCUT2D eigenvalue weighted by molar-refractivity contribution is 5.82. The van der Waals surface area contributed by atoms with Crippen molar-refractivity contribution in [2.24, 2.45) is 5.92 Å². The number of hydrogen-bond acceptors (Lipinski definition) is 3. The van der Waals surface area contributed by atoms with E-state index in [9.17, 15) is 9.59 Å². The molecule has 29 heavy (non-hydrogen) atoms. The van der Waals surface area contributed by atoms with Crippen molar-refractivity contribution >= 4 is 22.8 Å². The Hall–Kier alpha value is -3.15. The van der Waals surface area contributed by atoms with E-state index in [2.05, 4.69) is 15.6 Å². The van der Waals surface area contributed by atoms with E-state index < -0.39 is 0 Å². The standard InChI is InChI=1S/C23H28N4O2/c1-15(2)23(29)25-17(4)22-26-19-12-8-9-13-20(19)27(22)14-21(28)24-16(3)18-10-6-5-7-11-18/h5-13,15-17H,14H2,1-4H3,(H,24,28)(H,25,29). The molecule has 0 saturated carbocycles. The molecule has 2 atom stereocenters. The number of nitrogens with zero attached hydrogens (tertiary/aromatic N) is 2. The van der Waals surface area contributed by atoms with Crippen LogP contribution in [0.3, 0.4) is 0 Å². The number of para-hydroxylation sites is 2. The largest absolute Gasteiger partial charge is 0.348 e. The van der Waals surface area contributed by atoms with Gasteiger partial charge in [-0.15, -0.1) is 0 Å². The molecule has 1 aromatic heterocycles. The number of nitrogens with one attached hydrogen (secondary N) is 2. The van der Waals surface area contributed by atoms with Crippen LogP contribution in [0.2, 0.25) is 0 Å². The Kier molecular flexibility index (Phi) is 6.32. The summed E-state index contributed by atoms with van der Waals surface area (Å²) >= 11 is 0. The van der Waals surface area contributed by atoms with Gasteiger partial charge in [-0.1, -0.05) is 56.3 Å². The molecular formula is C23H28N4O2. The molecule has 2 amide bonds. The highest BCUT2D eigenvalue weighted by atomic mass is 16.2. The Morgan fingerprint density at radius 2 is 1.55 bits per heavy atom. The molecule has 0 aliphatic carbocycles. The van der Waals surface area contributed by atoms with Crippen molar-refractivity contribution in [3.05, 3.63) is 66.0 Å². The SMILES string of the molecule is CC(C)C(=O)NC(C)c1nc2ccccc2n1CC(=O)NC(C)c1ccccc1. The molecule has 0 radical (unpaired) electrons. The summed E-state index contributed by atoms with van der Waals surface area (Å²) in [6.45, 7) is 7.69. The lowest BCUT2D eigenvalue weighted by Gasteiger charge is -2.19. The van der Waals surface area contributed by atoms with Gasteiger partial charge in [0.05, 0.1) is 23.1 Å². The van der Waals surface area contributed by atoms with Gasteiger partial charge in [0.25, 0.3) is 0 Å². The van der Waals surface area contributed by atoms with E-state index in [1.54, 1.807) is 0 Å². The molecule has 6 nitrogen and oxygen atoms in total. The predicted molar refractivity (Wildman–Crippen MR) is 114 cm³/mol. The molecule has 1 heterocycles. The summed E-state index contributed by atoms with van der Waals surface area (Å²) in [5.41, 5.74) is 2.72. The van der Waals surface area contributed by atoms with Crippen molar-refractivity contribution in [1.82, 2.24) is 20.2 Å². The Bertz CT molecular complexity index is 995. The van der Waals surface area contributed by atoms with E-state index in [0.29, 0.717) is 5.82 Å². The molecule has 6 heteroatoms. The summed E-state index contributed by atoms with van der Waals surface area (Å²) in [4.78, 5) is 29.6. The second kappa shape index (κ2) is 8.90. The van der Waals surface area contributed by atoms with Crippen LogP contribution in [0.25, 0.3) is 11.0 Å². The fourth-order valence-corrected chi connectivity index (χ4v) is 3.29. The minimum Gasteiger partial charge on any atom is -0.348 e. The van der Waals surface area contributed by atoms with Crippen molar-refractivity contribution in [3.63, 3.8) is 0 Å². The monoisotopic (exact) mass is 392 g/mol. The van der Waals surface area contributed by atoms with Crippen LogP contribution in [0.5, 0.6) is 0 Å². The fourth-order valence-electron chi connectivity index (χ4n) is 3.29. The lowest BCUT2D eigenvalue weighted by atomic mass is 10.1. The number of hydrogen-bond donors (Lipinski definition) is 2. The summed E-state index contributed by atoms with van der Waals surface area (Å²) in [6, 6.07) is 17.1. The summed E-state index contributed by atoms with van der Waals surface area (Å²) in [5.74, 6) is 0.402. The molecule has 0 fully saturated rings. The van der Waals surface area contributed by atoms with Crippen LogP contribution in [0.15, 0.2) is 54.6 Å². The Balaban J connectivity index is 1.83. The number of rotatable bonds is 7. The topological polar surface area (TPSA) is 76.0 Å². The van der Waals surface area contributed by atoms with E-state index in [0.717, 1.165) is 16.6 Å². The van der Waals surface area contributed by atoms with Crippen molar-refractivity contribution in [3.8, 4) is 0 Å². The third-order valence-electron chi connectivity index (χ3n) is 4.93. The third kappa shape index (κ3) is 4.83. The predicted octanol–water partition coefficient (Wildman–Crippen LogP) is 3.75. The molecule has 2 unspecified atom stereocenters. The molecule has 0 aliphatic heterocycles. The van der Waals surface area contributed by atoms with Gasteiger partial charge < -0.3 is 15.2 Å². The van der Waals surface area contributed by atoms with E-state index in [4.69, 9.17) is 0 Å². The van der Waals surface area contributed by atoms with Gasteiger partial charge in [0.15, 0.2) is 0 Å². The molecule has 3 rings (SSSR count). The maximum Gasteiger partial charge on any atom is 0.240 e. The highest BCUT2D eigenvalue weighted by Crippen LogP contribution is 2.21. The van der Waals surface area contributed by atoms with Crippen LogP contribution in [-0.2, 0) is 16.1 Å². The smallest absolute Gasteiger partial charge is 0.240 e. The van der Waals surface area contributed by atoms with Crippen LogP contribution in [0.4, 0.5) is 0 Å². The Morgan fingerprint density at radius 3 is 2.24 bits per heavy atom. The second-order valence-corrected chi connectivity index (χ2v) is 7.63. The summed E-state index contributed by atoms with van der Waals surface area (Å²) in [7, 11) is 0. The lowest BCUT2D eigenvalue weighted by Crippen LogP contribution is -2.34. The number of amides is 2. The molecule has 3 aromatic rings. The summed E-state index contributed by atoms with van der Waals surface area (Å²) in [6.07, 6.45) is 0. The zero-order valence-corrected chi connectivity index (χ0v) is 17.3. The average Bonchev–Trinajstić information content (AvgIpc) is 3.07. The lowest BCUT2D eigenvalue weighted by molar-refractivity contribution is -0.124. The normalized spacial score (nSPS) is 13.3. The van der Waals surface area contributed by atoms with E-state index >= 15 is 0 Å². The van der Waals surface area contributed by atoms with Crippen LogP contribution in [-0.4, -0.2) is 21.4 Å². The first-order valence-electron chi connectivity index (χ1n) is 9.96. The van der Waals surface area contributed by atoms with Crippen molar-refractivity contribution in [1.29, 1.82) is 0 Å². The van der Waals surface area contributed by atoms with Gasteiger partial charge >= 0.3 is 0 Å². The second-order valence-electron chi connectivity index (χ2n) is 7.63. The fraction of sp³-hybridized carbons (Fsp3) is 0.348. The highest BCUT2D eigenvalue weighted by Gasteiger charge is 2.21. The van der Waals surface area contributed by atoms with Crippen molar-refractivity contribution < 1.29 is 9.59 Å². The average molecular weight is 393 g/mol. The quantitative estimate of drug-likeness (QED) is 0.643. The van der Waals surface area contributed by atoms with Gasteiger partial charge in [-0.05, 0) is 31.5 Å². The molecule has 0 saturated heterocycles. The van der Waals surface area contributed by atoms with Gasteiger partial charge in [-0.25, -0.2) is 4.98 Å². The number of fused-ring (bicyclic) bond motifs is 1. The Labute approximate surface area is 171 Å². The number of aromatic nitrogens is 2. The van der Waals surface area contributed by atoms with Gasteiger partial charge in [0.2, 0.25) is 11.8 Å². The molecule has 0 aliphatic rings. The van der Waals surface area contributed by atoms with Crippen LogP contribution >= 0.6 is 0 Å². The number of benzene rings is 2. The van der Waals surface area contributed by atoms with E-state index in [1.807, 2.05) is 86.9 Å². The molecular weight excluding hydrogens is 364 g/mol. The molecule has 0 spiro atoms.